The van der Waals surface area contributed by atoms with Gasteiger partial charge in [-0.25, -0.2) is 0 Å². The molecule has 5 heteroatoms. The van der Waals surface area contributed by atoms with E-state index in [-0.39, 0.29) is 18.0 Å². The smallest absolute Gasteiger partial charge is 0.234 e. The molecule has 0 bridgehead atoms. The summed E-state index contributed by atoms with van der Waals surface area (Å²) in [5.41, 5.74) is 1.21. The predicted molar refractivity (Wildman–Crippen MR) is 93.5 cm³/mol. The number of carbonyl (C=O) groups excluding carboxylic acids is 1. The second-order valence-corrected chi connectivity index (χ2v) is 6.79. The van der Waals surface area contributed by atoms with Gasteiger partial charge in [-0.15, -0.1) is 0 Å². The van der Waals surface area contributed by atoms with Crippen molar-refractivity contribution in [2.75, 3.05) is 26.3 Å². The van der Waals surface area contributed by atoms with E-state index in [0.717, 1.165) is 43.7 Å². The van der Waals surface area contributed by atoms with Crippen LogP contribution in [0.4, 0.5) is 0 Å². The number of ether oxygens (including phenoxy) is 2. The normalized spacial score (nSPS) is 21.5. The number of fused-ring (bicyclic) bond motifs is 1. The first-order valence-electron chi connectivity index (χ1n) is 9.10. The maximum Gasteiger partial charge on any atom is 0.234 e. The summed E-state index contributed by atoms with van der Waals surface area (Å²) in [5, 5.41) is 3.10. The van der Waals surface area contributed by atoms with Crippen molar-refractivity contribution in [2.45, 2.75) is 51.6 Å². The zero-order chi connectivity index (χ0) is 16.9. The van der Waals surface area contributed by atoms with E-state index in [9.17, 15) is 4.79 Å². The molecule has 3 rings (SSSR count). The van der Waals surface area contributed by atoms with E-state index in [1.54, 1.807) is 0 Å². The summed E-state index contributed by atoms with van der Waals surface area (Å²) in [6.45, 7) is 6.85. The van der Waals surface area contributed by atoms with Crippen LogP contribution in [-0.2, 0) is 4.79 Å². The van der Waals surface area contributed by atoms with Crippen LogP contribution in [0.3, 0.4) is 0 Å². The van der Waals surface area contributed by atoms with Crippen LogP contribution in [0.2, 0.25) is 0 Å². The molecule has 1 saturated heterocycles. The van der Waals surface area contributed by atoms with E-state index in [1.165, 1.54) is 5.56 Å². The lowest BCUT2D eigenvalue weighted by molar-refractivity contribution is -0.123. The fourth-order valence-corrected chi connectivity index (χ4v) is 3.67. The zero-order valence-electron chi connectivity index (χ0n) is 14.7. The molecule has 2 atom stereocenters. The van der Waals surface area contributed by atoms with Crippen LogP contribution >= 0.6 is 0 Å². The highest BCUT2D eigenvalue weighted by Gasteiger charge is 2.28. The number of likely N-dealkylation sites (tertiary alicyclic amines) is 1. The number of amides is 1. The number of nitrogens with zero attached hydrogens (tertiary/aromatic N) is 1. The van der Waals surface area contributed by atoms with Gasteiger partial charge in [-0.2, -0.15) is 0 Å². The lowest BCUT2D eigenvalue weighted by Gasteiger charge is -2.26. The summed E-state index contributed by atoms with van der Waals surface area (Å²) in [4.78, 5) is 14.6. The average Bonchev–Trinajstić information content (AvgIpc) is 3.02. The number of rotatable bonds is 6. The van der Waals surface area contributed by atoms with Gasteiger partial charge in [0.05, 0.1) is 6.54 Å². The van der Waals surface area contributed by atoms with Gasteiger partial charge < -0.3 is 14.8 Å². The van der Waals surface area contributed by atoms with E-state index < -0.39 is 0 Å². The Morgan fingerprint density at radius 3 is 2.92 bits per heavy atom. The third-order valence-corrected chi connectivity index (χ3v) is 4.79. The largest absolute Gasteiger partial charge is 0.486 e. The van der Waals surface area contributed by atoms with Gasteiger partial charge in [0.15, 0.2) is 11.5 Å². The Morgan fingerprint density at radius 2 is 2.12 bits per heavy atom. The molecule has 0 radical (unpaired) electrons. The molecule has 24 heavy (non-hydrogen) atoms. The van der Waals surface area contributed by atoms with Gasteiger partial charge in [0.1, 0.15) is 13.2 Å². The highest BCUT2D eigenvalue weighted by molar-refractivity contribution is 5.78. The van der Waals surface area contributed by atoms with Crippen molar-refractivity contribution < 1.29 is 14.3 Å². The van der Waals surface area contributed by atoms with Gasteiger partial charge in [-0.3, -0.25) is 9.69 Å². The Balaban J connectivity index is 1.64. The molecular formula is C19H28N2O3. The number of benzene rings is 1. The molecular weight excluding hydrogens is 304 g/mol. The second-order valence-electron chi connectivity index (χ2n) is 6.79. The molecule has 1 aromatic carbocycles. The van der Waals surface area contributed by atoms with E-state index in [4.69, 9.17) is 9.47 Å². The summed E-state index contributed by atoms with van der Waals surface area (Å²) in [5.74, 6) is 1.77. The van der Waals surface area contributed by atoms with Crippen LogP contribution in [0.5, 0.6) is 11.5 Å². The Bertz CT molecular complexity index is 576. The third kappa shape index (κ3) is 4.01. The standard InChI is InChI=1S/C19H28N2O3/c1-3-5-14(2)20-19(22)13-21-9-4-6-16(21)15-7-8-17-18(12-15)24-11-10-23-17/h7-8,12,14,16H,3-6,9-11,13H2,1-2H3,(H,20,22)/t14-,16+/m0/s1. The topological polar surface area (TPSA) is 50.8 Å². The molecule has 0 aliphatic carbocycles. The van der Waals surface area contributed by atoms with Crippen LogP contribution in [0.25, 0.3) is 0 Å². The van der Waals surface area contributed by atoms with E-state index in [2.05, 4.69) is 36.2 Å². The van der Waals surface area contributed by atoms with Gasteiger partial charge in [0.25, 0.3) is 0 Å². The summed E-state index contributed by atoms with van der Waals surface area (Å²) >= 11 is 0. The van der Waals surface area contributed by atoms with Crippen molar-refractivity contribution in [3.05, 3.63) is 23.8 Å². The molecule has 2 aliphatic rings. The van der Waals surface area contributed by atoms with Crippen molar-refractivity contribution in [1.82, 2.24) is 10.2 Å². The van der Waals surface area contributed by atoms with E-state index in [0.29, 0.717) is 19.8 Å². The summed E-state index contributed by atoms with van der Waals surface area (Å²) in [6, 6.07) is 6.71. The fourth-order valence-electron chi connectivity index (χ4n) is 3.67. The molecule has 5 nitrogen and oxygen atoms in total. The molecule has 1 amide bonds. The quantitative estimate of drug-likeness (QED) is 0.870. The molecule has 0 aromatic heterocycles. The molecule has 2 heterocycles. The van der Waals surface area contributed by atoms with Crippen molar-refractivity contribution >= 4 is 5.91 Å². The fraction of sp³-hybridized carbons (Fsp3) is 0.632. The zero-order valence-corrected chi connectivity index (χ0v) is 14.7. The molecule has 132 valence electrons. The molecule has 0 spiro atoms. The minimum absolute atomic E-state index is 0.125. The van der Waals surface area contributed by atoms with Crippen LogP contribution in [0.15, 0.2) is 18.2 Å². The number of nitrogens with one attached hydrogen (secondary N) is 1. The first-order valence-corrected chi connectivity index (χ1v) is 9.10. The Morgan fingerprint density at radius 1 is 1.33 bits per heavy atom. The van der Waals surface area contributed by atoms with Crippen LogP contribution in [0, 0.1) is 0 Å². The molecule has 0 unspecified atom stereocenters. The average molecular weight is 332 g/mol. The summed E-state index contributed by atoms with van der Waals surface area (Å²) in [6.07, 6.45) is 4.32. The van der Waals surface area contributed by atoms with Crippen molar-refractivity contribution in [2.24, 2.45) is 0 Å². The molecule has 1 fully saturated rings. The van der Waals surface area contributed by atoms with Gasteiger partial charge in [0.2, 0.25) is 5.91 Å². The van der Waals surface area contributed by atoms with Gasteiger partial charge in [-0.05, 0) is 50.4 Å². The number of carbonyl (C=O) groups is 1. The van der Waals surface area contributed by atoms with Gasteiger partial charge in [-0.1, -0.05) is 19.4 Å². The first-order chi connectivity index (χ1) is 11.7. The monoisotopic (exact) mass is 332 g/mol. The van der Waals surface area contributed by atoms with E-state index in [1.807, 2.05) is 6.07 Å². The molecule has 1 aromatic rings. The lowest BCUT2D eigenvalue weighted by atomic mass is 10.0. The highest BCUT2D eigenvalue weighted by atomic mass is 16.6. The minimum atomic E-state index is 0.125. The van der Waals surface area contributed by atoms with Crippen molar-refractivity contribution in [3.63, 3.8) is 0 Å². The summed E-state index contributed by atoms with van der Waals surface area (Å²) < 4.78 is 11.3. The summed E-state index contributed by atoms with van der Waals surface area (Å²) in [7, 11) is 0. The third-order valence-electron chi connectivity index (χ3n) is 4.79. The van der Waals surface area contributed by atoms with Gasteiger partial charge in [0, 0.05) is 12.1 Å². The van der Waals surface area contributed by atoms with E-state index >= 15 is 0 Å². The number of hydrogen-bond acceptors (Lipinski definition) is 4. The molecule has 0 saturated carbocycles. The molecule has 2 aliphatic heterocycles. The Labute approximate surface area is 144 Å². The van der Waals surface area contributed by atoms with Gasteiger partial charge >= 0.3 is 0 Å². The maximum atomic E-state index is 12.3. The second kappa shape index (κ2) is 7.88. The maximum absolute atomic E-state index is 12.3. The van der Waals surface area contributed by atoms with Crippen molar-refractivity contribution in [1.29, 1.82) is 0 Å². The SMILES string of the molecule is CCC[C@H](C)NC(=O)CN1CCC[C@@H]1c1ccc2c(c1)OCCO2. The van der Waals surface area contributed by atoms with Crippen LogP contribution in [0.1, 0.15) is 51.1 Å². The lowest BCUT2D eigenvalue weighted by Crippen LogP contribution is -2.40. The Kier molecular flexibility index (Phi) is 5.61. The molecule has 1 N–H and O–H groups in total. The number of hydrogen-bond donors (Lipinski definition) is 1. The van der Waals surface area contributed by atoms with Crippen LogP contribution < -0.4 is 14.8 Å². The highest BCUT2D eigenvalue weighted by Crippen LogP contribution is 2.37. The van der Waals surface area contributed by atoms with Crippen molar-refractivity contribution in [3.8, 4) is 11.5 Å². The Hall–Kier alpha value is -1.75. The van der Waals surface area contributed by atoms with Crippen LogP contribution in [-0.4, -0.2) is 43.2 Å². The first kappa shape index (κ1) is 17.1. The predicted octanol–water partition coefficient (Wildman–Crippen LogP) is 2.90. The minimum Gasteiger partial charge on any atom is -0.486 e.